The summed E-state index contributed by atoms with van der Waals surface area (Å²) < 4.78 is 4.65. The number of ether oxygens (including phenoxy) is 1. The highest BCUT2D eigenvalue weighted by molar-refractivity contribution is 7.17. The third kappa shape index (κ3) is 4.64. The Morgan fingerprint density at radius 3 is 2.89 bits per heavy atom. The fourth-order valence-electron chi connectivity index (χ4n) is 3.14. The van der Waals surface area contributed by atoms with Crippen LogP contribution >= 0.6 is 9.24 Å². The molecule has 2 heterocycles. The molecule has 0 aliphatic carbocycles. The van der Waals surface area contributed by atoms with Crippen molar-refractivity contribution in [2.75, 3.05) is 17.7 Å². The van der Waals surface area contributed by atoms with E-state index < -0.39 is 6.09 Å². The van der Waals surface area contributed by atoms with Gasteiger partial charge in [0.05, 0.1) is 12.8 Å². The SMILES string of the molecule is COC(=O)Nc1ccc2c(c1)NC(=O)[C@H](C)CCC[C@H](P)c1cc-2ccn1. The van der Waals surface area contributed by atoms with Gasteiger partial charge in [-0.2, -0.15) is 0 Å². The van der Waals surface area contributed by atoms with Crippen LogP contribution in [0.1, 0.15) is 37.5 Å². The Hall–Kier alpha value is -2.46. The molecule has 3 atom stereocenters. The molecule has 1 aromatic heterocycles. The standard InChI is InChI=1S/C20H24N3O3P/c1-12-4-3-5-18(27)17-10-13(8-9-21-17)15-7-6-14(22-20(25)26-2)11-16(15)23-19(12)24/h6-12,18H,3-5,27H2,1-2H3,(H,22,25)(H,23,24)/t12-,18+/m1/s1. The van der Waals surface area contributed by atoms with Crippen LogP contribution in [-0.4, -0.2) is 24.1 Å². The normalized spacial score (nSPS) is 19.7. The first-order chi connectivity index (χ1) is 13.0. The molecule has 2 amide bonds. The predicted octanol–water partition coefficient (Wildman–Crippen LogP) is 4.60. The third-order valence-electron chi connectivity index (χ3n) is 4.78. The van der Waals surface area contributed by atoms with Crippen molar-refractivity contribution in [3.63, 3.8) is 0 Å². The summed E-state index contributed by atoms with van der Waals surface area (Å²) >= 11 is 0. The van der Waals surface area contributed by atoms with E-state index >= 15 is 0 Å². The number of benzene rings is 1. The van der Waals surface area contributed by atoms with E-state index in [1.807, 2.05) is 19.1 Å². The van der Waals surface area contributed by atoms with Gasteiger partial charge in [0.2, 0.25) is 5.91 Å². The molecule has 0 radical (unpaired) electrons. The number of carbonyl (C=O) groups excluding carboxylic acids is 2. The lowest BCUT2D eigenvalue weighted by Gasteiger charge is -2.19. The van der Waals surface area contributed by atoms with Gasteiger partial charge >= 0.3 is 6.09 Å². The minimum Gasteiger partial charge on any atom is -0.453 e. The maximum Gasteiger partial charge on any atom is 0.411 e. The molecule has 3 rings (SSSR count). The van der Waals surface area contributed by atoms with Gasteiger partial charge in [-0.15, -0.1) is 9.24 Å². The van der Waals surface area contributed by atoms with E-state index in [0.29, 0.717) is 11.4 Å². The largest absolute Gasteiger partial charge is 0.453 e. The molecule has 6 nitrogen and oxygen atoms in total. The van der Waals surface area contributed by atoms with E-state index in [-0.39, 0.29) is 17.5 Å². The van der Waals surface area contributed by atoms with Gasteiger partial charge in [-0.1, -0.05) is 19.4 Å². The van der Waals surface area contributed by atoms with Crippen molar-refractivity contribution < 1.29 is 14.3 Å². The molecule has 0 saturated carbocycles. The zero-order chi connectivity index (χ0) is 19.4. The van der Waals surface area contributed by atoms with E-state index in [1.54, 1.807) is 18.3 Å². The van der Waals surface area contributed by atoms with Crippen molar-refractivity contribution in [2.24, 2.45) is 5.92 Å². The molecular weight excluding hydrogens is 361 g/mol. The number of aromatic nitrogens is 1. The lowest BCUT2D eigenvalue weighted by atomic mass is 9.97. The summed E-state index contributed by atoms with van der Waals surface area (Å²) in [5.74, 6) is -0.125. The van der Waals surface area contributed by atoms with Crippen molar-refractivity contribution >= 4 is 32.6 Å². The Kier molecular flexibility index (Phi) is 6.07. The smallest absolute Gasteiger partial charge is 0.411 e. The molecule has 27 heavy (non-hydrogen) atoms. The fraction of sp³-hybridized carbons (Fsp3) is 0.350. The zero-order valence-electron chi connectivity index (χ0n) is 15.5. The number of fused-ring (bicyclic) bond motifs is 4. The van der Waals surface area contributed by atoms with Crippen LogP contribution in [0.4, 0.5) is 16.2 Å². The molecule has 2 bridgehead atoms. The molecule has 0 saturated heterocycles. The highest BCUT2D eigenvalue weighted by atomic mass is 31.0. The summed E-state index contributed by atoms with van der Waals surface area (Å²) in [6, 6.07) is 9.40. The maximum absolute atomic E-state index is 12.6. The van der Waals surface area contributed by atoms with Crippen molar-refractivity contribution in [1.29, 1.82) is 0 Å². The topological polar surface area (TPSA) is 80.3 Å². The monoisotopic (exact) mass is 385 g/mol. The van der Waals surface area contributed by atoms with Crippen LogP contribution in [-0.2, 0) is 9.53 Å². The number of hydrogen-bond acceptors (Lipinski definition) is 4. The molecule has 1 unspecified atom stereocenters. The van der Waals surface area contributed by atoms with Crippen LogP contribution in [0.5, 0.6) is 0 Å². The van der Waals surface area contributed by atoms with Crippen LogP contribution < -0.4 is 10.6 Å². The van der Waals surface area contributed by atoms with Crippen molar-refractivity contribution in [2.45, 2.75) is 31.8 Å². The first kappa shape index (κ1) is 19.3. The van der Waals surface area contributed by atoms with E-state index in [4.69, 9.17) is 0 Å². The number of nitrogens with zero attached hydrogens (tertiary/aromatic N) is 1. The van der Waals surface area contributed by atoms with E-state index in [1.165, 1.54) is 7.11 Å². The fourth-order valence-corrected chi connectivity index (χ4v) is 3.56. The Morgan fingerprint density at radius 1 is 1.30 bits per heavy atom. The summed E-state index contributed by atoms with van der Waals surface area (Å²) in [7, 11) is 4.17. The van der Waals surface area contributed by atoms with Crippen molar-refractivity contribution in [3.05, 3.63) is 42.2 Å². The van der Waals surface area contributed by atoms with Gasteiger partial charge in [-0.05, 0) is 42.7 Å². The predicted molar refractivity (Wildman–Crippen MR) is 110 cm³/mol. The third-order valence-corrected chi connectivity index (χ3v) is 5.46. The first-order valence-electron chi connectivity index (χ1n) is 8.99. The summed E-state index contributed by atoms with van der Waals surface area (Å²) in [5, 5.41) is 5.66. The van der Waals surface area contributed by atoms with Gasteiger partial charge in [0.25, 0.3) is 0 Å². The van der Waals surface area contributed by atoms with Gasteiger partial charge in [-0.25, -0.2) is 4.79 Å². The van der Waals surface area contributed by atoms with E-state index in [9.17, 15) is 9.59 Å². The van der Waals surface area contributed by atoms with Gasteiger partial charge in [-0.3, -0.25) is 15.1 Å². The second kappa shape index (κ2) is 8.49. The molecule has 2 aromatic rings. The summed E-state index contributed by atoms with van der Waals surface area (Å²) in [5.41, 5.74) is 4.33. The molecule has 1 aliphatic rings. The molecular formula is C20H24N3O3P. The minimum atomic E-state index is -0.556. The van der Waals surface area contributed by atoms with Crippen molar-refractivity contribution in [3.8, 4) is 11.1 Å². The second-order valence-electron chi connectivity index (χ2n) is 6.77. The van der Waals surface area contributed by atoms with E-state index in [2.05, 4.69) is 35.7 Å². The average molecular weight is 385 g/mol. The number of pyridine rings is 1. The molecule has 0 fully saturated rings. The van der Waals surface area contributed by atoms with Crippen LogP contribution in [0.3, 0.4) is 0 Å². The molecule has 142 valence electrons. The van der Waals surface area contributed by atoms with Crippen LogP contribution in [0.15, 0.2) is 36.5 Å². The van der Waals surface area contributed by atoms with E-state index in [0.717, 1.165) is 36.1 Å². The van der Waals surface area contributed by atoms with Gasteiger partial charge in [0, 0.05) is 34.7 Å². The molecule has 1 aliphatic heterocycles. The average Bonchev–Trinajstić information content (AvgIpc) is 2.67. The van der Waals surface area contributed by atoms with Crippen LogP contribution in [0.2, 0.25) is 0 Å². The molecule has 0 spiro atoms. The number of nitrogens with one attached hydrogen (secondary N) is 2. The summed E-state index contributed by atoms with van der Waals surface area (Å²) in [4.78, 5) is 28.7. The number of rotatable bonds is 1. The quantitative estimate of drug-likeness (QED) is 0.703. The zero-order valence-corrected chi connectivity index (χ0v) is 16.6. The minimum absolute atomic E-state index is 0.0263. The molecule has 7 heteroatoms. The van der Waals surface area contributed by atoms with Gasteiger partial charge in [0.1, 0.15) is 0 Å². The van der Waals surface area contributed by atoms with Gasteiger partial charge in [0.15, 0.2) is 0 Å². The highest BCUT2D eigenvalue weighted by Crippen LogP contribution is 2.35. The Labute approximate surface area is 161 Å². The molecule has 1 aromatic carbocycles. The second-order valence-corrected chi connectivity index (χ2v) is 7.58. The van der Waals surface area contributed by atoms with Gasteiger partial charge < -0.3 is 10.1 Å². The first-order valence-corrected chi connectivity index (χ1v) is 9.66. The number of methoxy groups -OCH3 is 1. The number of carbonyl (C=O) groups is 2. The maximum atomic E-state index is 12.6. The Bertz CT molecular complexity index is 856. The summed E-state index contributed by atoms with van der Waals surface area (Å²) in [6.45, 7) is 1.94. The summed E-state index contributed by atoms with van der Waals surface area (Å²) in [6.07, 6.45) is 3.97. The lowest BCUT2D eigenvalue weighted by molar-refractivity contribution is -0.119. The Balaban J connectivity index is 2.07. The molecule has 2 N–H and O–H groups in total. The van der Waals surface area contributed by atoms with Crippen LogP contribution in [0.25, 0.3) is 11.1 Å². The Morgan fingerprint density at radius 2 is 2.11 bits per heavy atom. The number of anilines is 2. The highest BCUT2D eigenvalue weighted by Gasteiger charge is 2.19. The lowest BCUT2D eigenvalue weighted by Crippen LogP contribution is -2.21. The van der Waals surface area contributed by atoms with Crippen LogP contribution in [0, 0.1) is 5.92 Å². The van der Waals surface area contributed by atoms with Crippen molar-refractivity contribution in [1.82, 2.24) is 4.98 Å². The number of hydrogen-bond donors (Lipinski definition) is 2. The number of amides is 2.